The van der Waals surface area contributed by atoms with Crippen molar-refractivity contribution in [2.75, 3.05) is 32.6 Å². The third kappa shape index (κ3) is 7.75. The van der Waals surface area contributed by atoms with E-state index < -0.39 is 30.3 Å². The van der Waals surface area contributed by atoms with Crippen molar-refractivity contribution in [2.24, 2.45) is 11.8 Å². The number of methoxy groups -OCH3 is 2. The van der Waals surface area contributed by atoms with Crippen LogP contribution in [0.2, 0.25) is 0 Å². The van der Waals surface area contributed by atoms with Crippen molar-refractivity contribution in [3.63, 3.8) is 0 Å². The highest BCUT2D eigenvalue weighted by Gasteiger charge is 2.39. The van der Waals surface area contributed by atoms with Crippen LogP contribution in [-0.4, -0.2) is 104 Å². The third-order valence-electron chi connectivity index (χ3n) is 12.5. The number of nitrogens with one attached hydrogen (secondary N) is 5. The predicted molar refractivity (Wildman–Crippen MR) is 232 cm³/mol. The second-order valence-electron chi connectivity index (χ2n) is 17.1. The van der Waals surface area contributed by atoms with E-state index >= 15 is 0 Å². The van der Waals surface area contributed by atoms with Crippen LogP contribution in [0.3, 0.4) is 0 Å². The summed E-state index contributed by atoms with van der Waals surface area (Å²) in [5.41, 5.74) is 6.60. The van der Waals surface area contributed by atoms with E-state index in [1.807, 2.05) is 65.0 Å². The monoisotopic (exact) mass is 846 g/mol. The number of imidazole rings is 2. The molecule has 2 saturated heterocycles. The van der Waals surface area contributed by atoms with Crippen LogP contribution in [0.4, 0.5) is 15.3 Å². The highest BCUT2D eigenvalue weighted by molar-refractivity contribution is 6.04. The molecule has 62 heavy (non-hydrogen) atoms. The Balaban J connectivity index is 1.04. The van der Waals surface area contributed by atoms with Crippen molar-refractivity contribution < 1.29 is 33.4 Å². The summed E-state index contributed by atoms with van der Waals surface area (Å²) >= 11 is 0. The number of ether oxygens (including phenoxy) is 2. The molecule has 0 spiro atoms. The van der Waals surface area contributed by atoms with Gasteiger partial charge in [0.25, 0.3) is 0 Å². The molecule has 0 radical (unpaired) electrons. The van der Waals surface area contributed by atoms with Crippen LogP contribution in [0.1, 0.15) is 90.1 Å². The van der Waals surface area contributed by atoms with Gasteiger partial charge >= 0.3 is 12.2 Å². The van der Waals surface area contributed by atoms with Crippen LogP contribution in [0.15, 0.2) is 54.9 Å². The van der Waals surface area contributed by atoms with Crippen LogP contribution in [0.25, 0.3) is 44.7 Å². The number of fused-ring (bicyclic) bond motifs is 5. The normalized spacial score (nSPS) is 19.5. The SMILES string of the molecule is COC(=O)N[C@H](C(=O)N1CCC[C@H]1c1ncc(-c2ccc3c(c2)NC(=O)C(C)n2c-3cc3cc(-c4cnc([C@@H]5CCCN5C(=O)[C@@H](NC(=O)OC)C(C)C)[nH]4)ccc32)[nH]1)C(C)C. The first-order valence-corrected chi connectivity index (χ1v) is 21.3. The number of rotatable bonds is 10. The predicted octanol–water partition coefficient (Wildman–Crippen LogP) is 6.69. The Morgan fingerprint density at radius 3 is 1.77 bits per heavy atom. The van der Waals surface area contributed by atoms with E-state index in [-0.39, 0.29) is 41.6 Å². The number of amides is 5. The topological polar surface area (TPSA) is 209 Å². The molecule has 5 amide bonds. The van der Waals surface area contributed by atoms with Gasteiger partial charge in [-0.2, -0.15) is 0 Å². The average Bonchev–Trinajstić information content (AvgIpc) is 4.12. The van der Waals surface area contributed by atoms with Crippen LogP contribution in [-0.2, 0) is 23.9 Å². The maximum atomic E-state index is 13.7. The zero-order chi connectivity index (χ0) is 44.0. The Morgan fingerprint density at radius 1 is 0.742 bits per heavy atom. The summed E-state index contributed by atoms with van der Waals surface area (Å²) in [5.74, 6) is 0.559. The summed E-state index contributed by atoms with van der Waals surface area (Å²) in [5, 5.41) is 9.49. The highest BCUT2D eigenvalue weighted by Crippen LogP contribution is 2.42. The van der Waals surface area contributed by atoms with E-state index in [1.54, 1.807) is 22.2 Å². The molecule has 5 aromatic rings. The highest BCUT2D eigenvalue weighted by atomic mass is 16.5. The summed E-state index contributed by atoms with van der Waals surface area (Å²) in [6.45, 7) is 10.5. The number of likely N-dealkylation sites (tertiary alicyclic amines) is 2. The molecule has 5 atom stereocenters. The summed E-state index contributed by atoms with van der Waals surface area (Å²) < 4.78 is 11.6. The molecular formula is C45H54N10O7. The minimum atomic E-state index is -0.733. The maximum Gasteiger partial charge on any atom is 0.407 e. The minimum Gasteiger partial charge on any atom is -0.453 e. The number of alkyl carbamates (subject to hydrolysis) is 2. The Hall–Kier alpha value is -6.65. The van der Waals surface area contributed by atoms with Gasteiger partial charge in [-0.15, -0.1) is 0 Å². The molecule has 0 bridgehead atoms. The summed E-state index contributed by atoms with van der Waals surface area (Å²) in [6.07, 6.45) is 5.32. The minimum absolute atomic E-state index is 0.136. The molecule has 8 rings (SSSR count). The van der Waals surface area contributed by atoms with Crippen LogP contribution in [0, 0.1) is 11.8 Å². The number of carbonyl (C=O) groups excluding carboxylic acids is 5. The molecule has 17 nitrogen and oxygen atoms in total. The molecular weight excluding hydrogens is 793 g/mol. The molecule has 326 valence electrons. The number of carbonyl (C=O) groups is 5. The largest absolute Gasteiger partial charge is 0.453 e. The number of hydrogen-bond acceptors (Lipinski definition) is 9. The van der Waals surface area contributed by atoms with E-state index in [1.165, 1.54) is 14.2 Å². The molecule has 0 saturated carbocycles. The molecule has 3 aromatic heterocycles. The lowest BCUT2D eigenvalue weighted by atomic mass is 10.0. The van der Waals surface area contributed by atoms with Gasteiger partial charge in [0.1, 0.15) is 29.8 Å². The van der Waals surface area contributed by atoms with Crippen LogP contribution >= 0.6 is 0 Å². The van der Waals surface area contributed by atoms with E-state index in [4.69, 9.17) is 19.4 Å². The van der Waals surface area contributed by atoms with Gasteiger partial charge in [0.05, 0.1) is 61.5 Å². The fourth-order valence-corrected chi connectivity index (χ4v) is 9.11. The van der Waals surface area contributed by atoms with Crippen molar-refractivity contribution in [1.82, 2.24) is 44.9 Å². The summed E-state index contributed by atoms with van der Waals surface area (Å²) in [4.78, 5) is 85.2. The Labute approximate surface area is 359 Å². The second kappa shape index (κ2) is 17.0. The van der Waals surface area contributed by atoms with Gasteiger partial charge in [0.15, 0.2) is 0 Å². The van der Waals surface area contributed by atoms with E-state index in [9.17, 15) is 24.0 Å². The smallest absolute Gasteiger partial charge is 0.407 e. The van der Waals surface area contributed by atoms with Gasteiger partial charge in [0, 0.05) is 40.7 Å². The third-order valence-corrected chi connectivity index (χ3v) is 12.5. The number of hydrogen-bond donors (Lipinski definition) is 5. The number of aromatic amines is 2. The lowest BCUT2D eigenvalue weighted by molar-refractivity contribution is -0.136. The Morgan fingerprint density at radius 2 is 1.26 bits per heavy atom. The second-order valence-corrected chi connectivity index (χ2v) is 17.1. The lowest BCUT2D eigenvalue weighted by Gasteiger charge is -2.30. The Kier molecular flexibility index (Phi) is 11.5. The van der Waals surface area contributed by atoms with Crippen LogP contribution < -0.4 is 16.0 Å². The number of H-pyrrole nitrogens is 2. The van der Waals surface area contributed by atoms with Crippen molar-refractivity contribution in [3.05, 3.63) is 66.5 Å². The zero-order valence-corrected chi connectivity index (χ0v) is 36.1. The lowest BCUT2D eigenvalue weighted by Crippen LogP contribution is -2.51. The summed E-state index contributed by atoms with van der Waals surface area (Å²) in [7, 11) is 2.56. The quantitative estimate of drug-likeness (QED) is 0.101. The van der Waals surface area contributed by atoms with E-state index in [0.717, 1.165) is 70.4 Å². The molecule has 3 aliphatic rings. The average molecular weight is 847 g/mol. The molecule has 0 aliphatic carbocycles. The fraction of sp³-hybridized carbons (Fsp3) is 0.444. The molecule has 17 heteroatoms. The first-order valence-electron chi connectivity index (χ1n) is 21.3. The summed E-state index contributed by atoms with van der Waals surface area (Å²) in [6, 6.07) is 11.6. The van der Waals surface area contributed by atoms with Gasteiger partial charge in [-0.3, -0.25) is 14.4 Å². The molecule has 1 unspecified atom stereocenters. The van der Waals surface area contributed by atoms with E-state index in [0.29, 0.717) is 30.4 Å². The van der Waals surface area contributed by atoms with Crippen molar-refractivity contribution in [1.29, 1.82) is 0 Å². The molecule has 2 aromatic carbocycles. The van der Waals surface area contributed by atoms with Crippen molar-refractivity contribution in [2.45, 2.75) is 90.5 Å². The van der Waals surface area contributed by atoms with Gasteiger partial charge in [0.2, 0.25) is 17.7 Å². The zero-order valence-electron chi connectivity index (χ0n) is 36.1. The molecule has 6 heterocycles. The molecule has 2 fully saturated rings. The number of anilines is 1. The first kappa shape index (κ1) is 42.1. The van der Waals surface area contributed by atoms with Gasteiger partial charge < -0.3 is 49.8 Å². The van der Waals surface area contributed by atoms with Crippen molar-refractivity contribution in [3.8, 4) is 33.8 Å². The standard InChI is InChI=1S/C45H54N10O7/c1-23(2)37(51-44(59)61-6)42(57)53-16-8-10-34(53)39-46-21-31(48-39)26-13-15-33-28(18-26)20-36-29-14-12-27(19-30(29)50-41(56)25(5)55(33)36)32-22-47-40(49-32)35-11-9-17-54(35)43(58)38(24(3)4)52-45(60)62-7/h12-15,18-25,34-35,37-38H,8-11,16-17H2,1-7H3,(H,46,48)(H,47,49)(H,50,56)(H,51,59)(H,52,60)/t25?,34-,35-,37-,38-/m0/s1. The van der Waals surface area contributed by atoms with E-state index in [2.05, 4.69) is 42.6 Å². The molecule has 3 aliphatic heterocycles. The number of nitrogens with zero attached hydrogens (tertiary/aromatic N) is 5. The number of aromatic nitrogens is 5. The van der Waals surface area contributed by atoms with Gasteiger partial charge in [-0.1, -0.05) is 45.9 Å². The Bertz CT molecular complexity index is 2540. The maximum absolute atomic E-state index is 13.7. The van der Waals surface area contributed by atoms with Crippen LogP contribution in [0.5, 0.6) is 0 Å². The van der Waals surface area contributed by atoms with Gasteiger partial charge in [-0.25, -0.2) is 19.6 Å². The van der Waals surface area contributed by atoms with Crippen molar-refractivity contribution >= 4 is 46.5 Å². The molecule has 5 N–H and O–H groups in total. The first-order chi connectivity index (χ1) is 29.8. The number of benzene rings is 2. The van der Waals surface area contributed by atoms with Gasteiger partial charge in [-0.05, 0) is 68.7 Å². The fourth-order valence-electron chi connectivity index (χ4n) is 9.11.